The zero-order chi connectivity index (χ0) is 26.7. The van der Waals surface area contributed by atoms with E-state index in [1.807, 2.05) is 32.9 Å². The number of hydrogen-bond acceptors (Lipinski definition) is 10. The highest BCUT2D eigenvalue weighted by atomic mass is 127. The predicted molar refractivity (Wildman–Crippen MR) is 152 cm³/mol. The van der Waals surface area contributed by atoms with Crippen molar-refractivity contribution in [1.82, 2.24) is 14.9 Å². The van der Waals surface area contributed by atoms with Crippen LogP contribution in [0.15, 0.2) is 23.4 Å². The van der Waals surface area contributed by atoms with Crippen LogP contribution >= 0.6 is 34.4 Å². The summed E-state index contributed by atoms with van der Waals surface area (Å²) in [7, 11) is 0. The first-order valence-corrected chi connectivity index (χ1v) is 14.2. The molecule has 3 aliphatic rings. The van der Waals surface area contributed by atoms with E-state index in [0.717, 1.165) is 31.5 Å². The zero-order valence-electron chi connectivity index (χ0n) is 21.9. The third kappa shape index (κ3) is 5.45. The average molecular weight is 641 g/mol. The van der Waals surface area contributed by atoms with Gasteiger partial charge in [-0.05, 0) is 60.9 Å². The molecule has 200 valence electrons. The number of nitrogen functional groups attached to an aromatic ring is 1. The number of hydrogen-bond donors (Lipinski definition) is 1. The highest BCUT2D eigenvalue weighted by molar-refractivity contribution is 14.1. The number of benzene rings is 1. The van der Waals surface area contributed by atoms with Crippen molar-refractivity contribution in [2.24, 2.45) is 5.41 Å². The van der Waals surface area contributed by atoms with E-state index in [1.165, 1.54) is 6.33 Å². The SMILES string of the molecule is CC(C)(C)CN(CCN1c2ncnc(N)c2N2C(Sc3cc4c(cc3I)OCO4)C12)C(=O)OC(C)(C)C. The molecule has 12 heteroatoms. The quantitative estimate of drug-likeness (QED) is 0.351. The molecule has 1 amide bonds. The second-order valence-corrected chi connectivity index (χ2v) is 13.9. The summed E-state index contributed by atoms with van der Waals surface area (Å²) in [6.45, 7) is 13.9. The molecule has 1 aromatic heterocycles. The number of amides is 1. The van der Waals surface area contributed by atoms with Gasteiger partial charge in [0.1, 0.15) is 29.2 Å². The molecular formula is C25H33IN6O4S. The summed E-state index contributed by atoms with van der Waals surface area (Å²) in [6, 6.07) is 4.04. The molecule has 1 aromatic carbocycles. The maximum absolute atomic E-state index is 13.1. The summed E-state index contributed by atoms with van der Waals surface area (Å²) in [5, 5.41) is 0.132. The van der Waals surface area contributed by atoms with Crippen LogP contribution in [0.4, 0.5) is 22.1 Å². The Morgan fingerprint density at radius 1 is 1.22 bits per heavy atom. The van der Waals surface area contributed by atoms with Gasteiger partial charge >= 0.3 is 6.09 Å². The third-order valence-electron chi connectivity index (χ3n) is 6.01. The van der Waals surface area contributed by atoms with Gasteiger partial charge in [-0.25, -0.2) is 14.8 Å². The number of nitrogens with two attached hydrogens (primary N) is 1. The minimum absolute atomic E-state index is 0.0651. The highest BCUT2D eigenvalue weighted by Crippen LogP contribution is 2.57. The Labute approximate surface area is 235 Å². The zero-order valence-corrected chi connectivity index (χ0v) is 24.9. The van der Waals surface area contributed by atoms with Gasteiger partial charge in [0, 0.05) is 28.1 Å². The fourth-order valence-corrected chi connectivity index (χ4v) is 6.66. The van der Waals surface area contributed by atoms with E-state index in [2.05, 4.69) is 63.1 Å². The molecule has 2 N–H and O–H groups in total. The van der Waals surface area contributed by atoms with Gasteiger partial charge in [0.2, 0.25) is 6.79 Å². The van der Waals surface area contributed by atoms with Gasteiger partial charge in [0.05, 0.1) is 0 Å². The first kappa shape index (κ1) is 26.3. The van der Waals surface area contributed by atoms with Gasteiger partial charge in [0.15, 0.2) is 23.1 Å². The maximum atomic E-state index is 13.1. The molecule has 2 aromatic rings. The highest BCUT2D eigenvalue weighted by Gasteiger charge is 2.60. The Hall–Kier alpha value is -2.35. The van der Waals surface area contributed by atoms with Gasteiger partial charge in [-0.15, -0.1) is 0 Å². The van der Waals surface area contributed by atoms with E-state index < -0.39 is 5.60 Å². The molecule has 0 spiro atoms. The van der Waals surface area contributed by atoms with Crippen LogP contribution in [0.5, 0.6) is 11.5 Å². The monoisotopic (exact) mass is 640 g/mol. The van der Waals surface area contributed by atoms with Crippen LogP contribution < -0.4 is 25.0 Å². The lowest BCUT2D eigenvalue weighted by Gasteiger charge is -2.33. The van der Waals surface area contributed by atoms with Crippen molar-refractivity contribution in [2.45, 2.75) is 63.6 Å². The molecule has 0 radical (unpaired) electrons. The van der Waals surface area contributed by atoms with Gasteiger partial charge < -0.3 is 34.6 Å². The summed E-state index contributed by atoms with van der Waals surface area (Å²) in [4.78, 5) is 29.3. The first-order chi connectivity index (χ1) is 17.3. The second-order valence-electron chi connectivity index (χ2n) is 11.6. The van der Waals surface area contributed by atoms with Crippen LogP contribution in [0, 0.1) is 8.99 Å². The first-order valence-electron chi connectivity index (χ1n) is 12.2. The Bertz CT molecular complexity index is 1220. The number of carbonyl (C=O) groups excluding carboxylic acids is 1. The van der Waals surface area contributed by atoms with E-state index in [1.54, 1.807) is 16.7 Å². The Balaban J connectivity index is 1.36. The molecule has 0 aliphatic carbocycles. The van der Waals surface area contributed by atoms with Crippen LogP contribution in [0.1, 0.15) is 41.5 Å². The van der Waals surface area contributed by atoms with Crippen molar-refractivity contribution in [3.05, 3.63) is 22.0 Å². The van der Waals surface area contributed by atoms with Crippen molar-refractivity contribution in [3.8, 4) is 11.5 Å². The van der Waals surface area contributed by atoms with Crippen LogP contribution in [0.3, 0.4) is 0 Å². The summed E-state index contributed by atoms with van der Waals surface area (Å²) in [5.74, 6) is 2.80. The van der Waals surface area contributed by atoms with Crippen molar-refractivity contribution >= 4 is 57.8 Å². The third-order valence-corrected chi connectivity index (χ3v) is 8.57. The summed E-state index contributed by atoms with van der Waals surface area (Å²) < 4.78 is 17.9. The number of rotatable bonds is 6. The molecule has 37 heavy (non-hydrogen) atoms. The van der Waals surface area contributed by atoms with Gasteiger partial charge in [0.25, 0.3) is 0 Å². The summed E-state index contributed by atoms with van der Waals surface area (Å²) in [6.07, 6.45) is 1.25. The molecule has 10 nitrogen and oxygen atoms in total. The summed E-state index contributed by atoms with van der Waals surface area (Å²) in [5.41, 5.74) is 6.52. The van der Waals surface area contributed by atoms with Crippen LogP contribution in [-0.4, -0.2) is 64.5 Å². The molecular weight excluding hydrogens is 607 g/mol. The average Bonchev–Trinajstić information content (AvgIpc) is 3.10. The number of anilines is 3. The van der Waals surface area contributed by atoms with Crippen molar-refractivity contribution < 1.29 is 19.0 Å². The minimum atomic E-state index is -0.564. The maximum Gasteiger partial charge on any atom is 0.410 e. The standard InChI is InChI=1S/C25H33IN6O4S/c1-24(2,3)11-30(23(33)36-25(4,5)6)7-8-31-20-18(19(27)28-12-29-20)32-21(31)22(32)37-17-10-16-15(9-14(17)26)34-13-35-16/h9-10,12,21-22H,7-8,11,13H2,1-6H3,(H2,27,28,29). The molecule has 4 heterocycles. The number of carbonyl (C=O) groups is 1. The van der Waals surface area contributed by atoms with Gasteiger partial charge in [-0.2, -0.15) is 0 Å². The number of aromatic nitrogens is 2. The van der Waals surface area contributed by atoms with E-state index in [4.69, 9.17) is 19.9 Å². The second kappa shape index (κ2) is 9.44. The Morgan fingerprint density at radius 3 is 2.59 bits per heavy atom. The number of fused-ring (bicyclic) bond motifs is 4. The van der Waals surface area contributed by atoms with E-state index in [-0.39, 0.29) is 29.8 Å². The molecule has 3 aliphatic heterocycles. The van der Waals surface area contributed by atoms with E-state index >= 15 is 0 Å². The van der Waals surface area contributed by atoms with Crippen molar-refractivity contribution in [1.29, 1.82) is 0 Å². The smallest absolute Gasteiger partial charge is 0.410 e. The van der Waals surface area contributed by atoms with Crippen LogP contribution in [0.25, 0.3) is 0 Å². The van der Waals surface area contributed by atoms with E-state index in [0.29, 0.717) is 25.5 Å². The molecule has 2 unspecified atom stereocenters. The number of ether oxygens (including phenoxy) is 3. The molecule has 2 atom stereocenters. The van der Waals surface area contributed by atoms with Crippen LogP contribution in [-0.2, 0) is 4.74 Å². The largest absolute Gasteiger partial charge is 0.454 e. The number of nitrogens with zero attached hydrogens (tertiary/aromatic N) is 5. The number of thioether (sulfide) groups is 1. The fraction of sp³-hybridized carbons (Fsp3) is 0.560. The van der Waals surface area contributed by atoms with Gasteiger partial charge in [-0.3, -0.25) is 0 Å². The molecule has 1 saturated heterocycles. The minimum Gasteiger partial charge on any atom is -0.454 e. The lowest BCUT2D eigenvalue weighted by molar-refractivity contribution is 0.0194. The molecule has 5 rings (SSSR count). The molecule has 0 bridgehead atoms. The van der Waals surface area contributed by atoms with Crippen molar-refractivity contribution in [2.75, 3.05) is 42.0 Å². The lowest BCUT2D eigenvalue weighted by atomic mass is 9.96. The lowest BCUT2D eigenvalue weighted by Crippen LogP contribution is -2.45. The Morgan fingerprint density at radius 2 is 1.92 bits per heavy atom. The van der Waals surface area contributed by atoms with E-state index in [9.17, 15) is 4.79 Å². The molecule has 0 saturated carbocycles. The number of halogens is 1. The fourth-order valence-electron chi connectivity index (χ4n) is 4.56. The molecule has 1 fully saturated rings. The topological polar surface area (TPSA) is 106 Å². The predicted octanol–water partition coefficient (Wildman–Crippen LogP) is 4.76. The summed E-state index contributed by atoms with van der Waals surface area (Å²) >= 11 is 4.08. The van der Waals surface area contributed by atoms with Gasteiger partial charge in [-0.1, -0.05) is 32.5 Å². The van der Waals surface area contributed by atoms with Crippen molar-refractivity contribution in [3.63, 3.8) is 0 Å². The Kier molecular flexibility index (Phi) is 6.70. The van der Waals surface area contributed by atoms with Crippen LogP contribution in [0.2, 0.25) is 0 Å². The normalized spacial score (nSPS) is 19.5.